The molecule has 0 atom stereocenters. The zero-order valence-electron chi connectivity index (χ0n) is 9.80. The van der Waals surface area contributed by atoms with Gasteiger partial charge in [0.15, 0.2) is 11.4 Å². The summed E-state index contributed by atoms with van der Waals surface area (Å²) in [6.45, 7) is 0. The number of anilines is 1. The normalized spacial score (nSPS) is 10.1. The fourth-order valence-corrected chi connectivity index (χ4v) is 1.77. The minimum Gasteiger partial charge on any atom is -0.476 e. The predicted octanol–water partition coefficient (Wildman–Crippen LogP) is 2.73. The first kappa shape index (κ1) is 14.2. The van der Waals surface area contributed by atoms with Crippen molar-refractivity contribution in [1.82, 2.24) is 9.97 Å². The average molecular weight is 312 g/mol. The van der Waals surface area contributed by atoms with Gasteiger partial charge in [0, 0.05) is 17.4 Å². The monoisotopic (exact) mass is 311 g/mol. The highest BCUT2D eigenvalue weighted by atomic mass is 35.5. The Kier molecular flexibility index (Phi) is 4.16. The van der Waals surface area contributed by atoms with Gasteiger partial charge < -0.3 is 10.4 Å². The van der Waals surface area contributed by atoms with E-state index in [-0.39, 0.29) is 16.4 Å². The molecule has 6 nitrogen and oxygen atoms in total. The molecule has 8 heteroatoms. The van der Waals surface area contributed by atoms with Crippen molar-refractivity contribution < 1.29 is 14.7 Å². The molecule has 0 spiro atoms. The molecule has 0 fully saturated rings. The molecule has 2 rings (SSSR count). The van der Waals surface area contributed by atoms with Crippen LogP contribution < -0.4 is 5.32 Å². The van der Waals surface area contributed by atoms with Crippen LogP contribution in [-0.2, 0) is 0 Å². The highest BCUT2D eigenvalue weighted by molar-refractivity contribution is 6.35. The molecule has 0 saturated heterocycles. The van der Waals surface area contributed by atoms with Gasteiger partial charge in [-0.25, -0.2) is 14.8 Å². The van der Waals surface area contributed by atoms with Gasteiger partial charge in [0.2, 0.25) is 0 Å². The van der Waals surface area contributed by atoms with Gasteiger partial charge in [-0.05, 0) is 18.2 Å². The van der Waals surface area contributed by atoms with Gasteiger partial charge in [0.05, 0.1) is 10.7 Å². The molecular formula is C12H7Cl2N3O3. The average Bonchev–Trinajstić information content (AvgIpc) is 2.42. The summed E-state index contributed by atoms with van der Waals surface area (Å²) in [6, 6.07) is 4.51. The maximum Gasteiger partial charge on any atom is 0.356 e. The maximum absolute atomic E-state index is 12.0. The smallest absolute Gasteiger partial charge is 0.356 e. The van der Waals surface area contributed by atoms with E-state index in [2.05, 4.69) is 15.3 Å². The van der Waals surface area contributed by atoms with Gasteiger partial charge >= 0.3 is 5.97 Å². The number of hydrogen-bond donors (Lipinski definition) is 2. The molecule has 102 valence electrons. The lowest BCUT2D eigenvalue weighted by Gasteiger charge is -2.08. The Labute approximate surface area is 123 Å². The summed E-state index contributed by atoms with van der Waals surface area (Å²) in [5.41, 5.74) is -0.495. The standard InChI is InChI=1S/C12H7Cl2N3O3/c13-6-1-2-7(14)8(5-6)17-11(18)9-10(12(19)20)16-4-3-15-9/h1-5H,(H,17,18)(H,19,20). The van der Waals surface area contributed by atoms with E-state index in [1.165, 1.54) is 24.5 Å². The summed E-state index contributed by atoms with van der Waals surface area (Å²) in [5, 5.41) is 12.0. The molecule has 1 amide bonds. The summed E-state index contributed by atoms with van der Waals surface area (Å²) < 4.78 is 0. The van der Waals surface area contributed by atoms with Crippen molar-refractivity contribution in [3.63, 3.8) is 0 Å². The number of aromatic carboxylic acids is 1. The first-order valence-electron chi connectivity index (χ1n) is 5.29. The van der Waals surface area contributed by atoms with Crippen LogP contribution in [0.2, 0.25) is 10.0 Å². The number of carboxylic acids is 1. The van der Waals surface area contributed by atoms with Crippen LogP contribution in [0.4, 0.5) is 5.69 Å². The highest BCUT2D eigenvalue weighted by Crippen LogP contribution is 2.25. The predicted molar refractivity (Wildman–Crippen MR) is 73.4 cm³/mol. The summed E-state index contributed by atoms with van der Waals surface area (Å²) in [5.74, 6) is -2.08. The number of carbonyl (C=O) groups is 2. The van der Waals surface area contributed by atoms with Crippen molar-refractivity contribution in [2.75, 3.05) is 5.32 Å². The van der Waals surface area contributed by atoms with E-state index in [0.717, 1.165) is 0 Å². The number of carbonyl (C=O) groups excluding carboxylic acids is 1. The van der Waals surface area contributed by atoms with E-state index < -0.39 is 17.6 Å². The largest absolute Gasteiger partial charge is 0.476 e. The first-order valence-corrected chi connectivity index (χ1v) is 6.05. The van der Waals surface area contributed by atoms with Crippen molar-refractivity contribution in [2.45, 2.75) is 0 Å². The molecule has 0 aliphatic rings. The number of amides is 1. The molecule has 2 N–H and O–H groups in total. The third-order valence-electron chi connectivity index (χ3n) is 2.29. The molecule has 0 aliphatic heterocycles. The van der Waals surface area contributed by atoms with E-state index in [1.807, 2.05) is 0 Å². The van der Waals surface area contributed by atoms with Gasteiger partial charge in [-0.15, -0.1) is 0 Å². The Morgan fingerprint density at radius 1 is 1.10 bits per heavy atom. The number of aromatic nitrogens is 2. The Balaban J connectivity index is 2.33. The summed E-state index contributed by atoms with van der Waals surface area (Å²) in [4.78, 5) is 30.3. The van der Waals surface area contributed by atoms with E-state index in [9.17, 15) is 9.59 Å². The van der Waals surface area contributed by atoms with Gasteiger partial charge in [-0.1, -0.05) is 23.2 Å². The topological polar surface area (TPSA) is 92.2 Å². The van der Waals surface area contributed by atoms with Crippen molar-refractivity contribution >= 4 is 40.8 Å². The third-order valence-corrected chi connectivity index (χ3v) is 2.86. The highest BCUT2D eigenvalue weighted by Gasteiger charge is 2.20. The number of benzene rings is 1. The van der Waals surface area contributed by atoms with Crippen LogP contribution in [0.1, 0.15) is 21.0 Å². The quantitative estimate of drug-likeness (QED) is 0.909. The van der Waals surface area contributed by atoms with Crippen LogP contribution in [0.15, 0.2) is 30.6 Å². The van der Waals surface area contributed by atoms with Crippen LogP contribution in [0, 0.1) is 0 Å². The number of rotatable bonds is 3. The SMILES string of the molecule is O=C(O)c1nccnc1C(=O)Nc1cc(Cl)ccc1Cl. The Hall–Kier alpha value is -2.18. The van der Waals surface area contributed by atoms with Gasteiger partial charge in [-0.2, -0.15) is 0 Å². The summed E-state index contributed by atoms with van der Waals surface area (Å²) in [6.07, 6.45) is 2.41. The molecule has 1 aromatic carbocycles. The maximum atomic E-state index is 12.0. The molecule has 2 aromatic rings. The second-order valence-corrected chi connectivity index (χ2v) is 4.48. The molecular weight excluding hydrogens is 305 g/mol. The number of carboxylic acid groups (broad SMARTS) is 1. The van der Waals surface area contributed by atoms with Gasteiger partial charge in [0.25, 0.3) is 5.91 Å². The van der Waals surface area contributed by atoms with Crippen molar-refractivity contribution in [3.8, 4) is 0 Å². The summed E-state index contributed by atoms with van der Waals surface area (Å²) in [7, 11) is 0. The molecule has 1 heterocycles. The summed E-state index contributed by atoms with van der Waals surface area (Å²) >= 11 is 11.7. The fraction of sp³-hybridized carbons (Fsp3) is 0. The number of halogens is 2. The Morgan fingerprint density at radius 2 is 1.75 bits per heavy atom. The van der Waals surface area contributed by atoms with Crippen molar-refractivity contribution in [1.29, 1.82) is 0 Å². The number of nitrogens with one attached hydrogen (secondary N) is 1. The van der Waals surface area contributed by atoms with Gasteiger partial charge in [-0.3, -0.25) is 4.79 Å². The second-order valence-electron chi connectivity index (χ2n) is 3.64. The molecule has 1 aromatic heterocycles. The number of nitrogens with zero attached hydrogens (tertiary/aromatic N) is 2. The molecule has 0 aliphatic carbocycles. The molecule has 0 saturated carbocycles. The fourth-order valence-electron chi connectivity index (χ4n) is 1.44. The molecule has 20 heavy (non-hydrogen) atoms. The van der Waals surface area contributed by atoms with Crippen LogP contribution in [0.5, 0.6) is 0 Å². The second kappa shape index (κ2) is 5.85. The lowest BCUT2D eigenvalue weighted by atomic mass is 10.2. The lowest BCUT2D eigenvalue weighted by Crippen LogP contribution is -2.19. The Bertz CT molecular complexity index is 691. The molecule has 0 bridgehead atoms. The third kappa shape index (κ3) is 3.04. The zero-order chi connectivity index (χ0) is 14.7. The van der Waals surface area contributed by atoms with E-state index in [0.29, 0.717) is 5.02 Å². The first-order chi connectivity index (χ1) is 9.49. The van der Waals surface area contributed by atoms with E-state index >= 15 is 0 Å². The van der Waals surface area contributed by atoms with E-state index in [4.69, 9.17) is 28.3 Å². The minimum absolute atomic E-state index is 0.256. The Morgan fingerprint density at radius 3 is 2.40 bits per heavy atom. The van der Waals surface area contributed by atoms with Crippen LogP contribution >= 0.6 is 23.2 Å². The van der Waals surface area contributed by atoms with Crippen LogP contribution in [0.3, 0.4) is 0 Å². The van der Waals surface area contributed by atoms with Gasteiger partial charge in [0.1, 0.15) is 0 Å². The van der Waals surface area contributed by atoms with Crippen LogP contribution in [0.25, 0.3) is 0 Å². The van der Waals surface area contributed by atoms with E-state index in [1.54, 1.807) is 6.07 Å². The lowest BCUT2D eigenvalue weighted by molar-refractivity contribution is 0.0685. The zero-order valence-corrected chi connectivity index (χ0v) is 11.3. The molecule has 0 radical (unpaired) electrons. The minimum atomic E-state index is -1.35. The van der Waals surface area contributed by atoms with Crippen molar-refractivity contribution in [2.24, 2.45) is 0 Å². The number of hydrogen-bond acceptors (Lipinski definition) is 4. The van der Waals surface area contributed by atoms with Crippen LogP contribution in [-0.4, -0.2) is 27.0 Å². The molecule has 0 unspecified atom stereocenters. The van der Waals surface area contributed by atoms with Crippen molar-refractivity contribution in [3.05, 3.63) is 52.0 Å².